The summed E-state index contributed by atoms with van der Waals surface area (Å²) in [6.45, 7) is 0. The second-order valence-electron chi connectivity index (χ2n) is 5.68. The lowest BCUT2D eigenvalue weighted by Crippen LogP contribution is -2.61. The predicted octanol–water partition coefficient (Wildman–Crippen LogP) is -0.00730. The largest absolute Gasteiger partial charge is 0.481 e. The molecule has 0 spiro atoms. The number of rotatable bonds is 4. The number of carboxylic acid groups (broad SMARTS) is 1. The van der Waals surface area contributed by atoms with Crippen molar-refractivity contribution in [2.75, 3.05) is 21.3 Å². The third kappa shape index (κ3) is 1.63. The van der Waals surface area contributed by atoms with Crippen molar-refractivity contribution in [1.82, 2.24) is 0 Å². The summed E-state index contributed by atoms with van der Waals surface area (Å²) in [6.07, 6.45) is 0.682. The smallest absolute Gasteiger partial charge is 0.325 e. The van der Waals surface area contributed by atoms with Gasteiger partial charge in [-0.2, -0.15) is 0 Å². The van der Waals surface area contributed by atoms with E-state index in [0.29, 0.717) is 6.42 Å². The minimum absolute atomic E-state index is 0.0842. The van der Waals surface area contributed by atoms with Crippen LogP contribution in [0.3, 0.4) is 0 Å². The molecule has 8 nitrogen and oxygen atoms in total. The first kappa shape index (κ1) is 16.3. The normalized spacial score (nSPS) is 31.4. The molecule has 2 aliphatic rings. The average molecular weight is 314 g/mol. The summed E-state index contributed by atoms with van der Waals surface area (Å²) in [7, 11) is 3.23. The number of methoxy groups -OCH3 is 3. The Morgan fingerprint density at radius 1 is 0.955 bits per heavy atom. The van der Waals surface area contributed by atoms with Gasteiger partial charge in [0.25, 0.3) is 0 Å². The molecule has 3 unspecified atom stereocenters. The highest BCUT2D eigenvalue weighted by Gasteiger charge is 2.81. The summed E-state index contributed by atoms with van der Waals surface area (Å²) in [6, 6.07) is 0. The van der Waals surface area contributed by atoms with E-state index in [1.807, 2.05) is 0 Å². The molecule has 0 amide bonds. The molecule has 0 aliphatic heterocycles. The first-order chi connectivity index (χ1) is 10.3. The number of aliphatic carboxylic acids is 1. The SMILES string of the molecule is COC(=O)C12CCC(C1)C(C(=O)O)C2(C(=O)OC)C(=O)OC. The minimum Gasteiger partial charge on any atom is -0.481 e. The molecule has 2 fully saturated rings. The van der Waals surface area contributed by atoms with Gasteiger partial charge >= 0.3 is 23.9 Å². The monoisotopic (exact) mass is 314 g/mol. The zero-order chi connectivity index (χ0) is 16.7. The van der Waals surface area contributed by atoms with E-state index in [2.05, 4.69) is 0 Å². The highest BCUT2D eigenvalue weighted by molar-refractivity contribution is 6.10. The number of carbonyl (C=O) groups excluding carboxylic acids is 3. The molecule has 8 heteroatoms. The van der Waals surface area contributed by atoms with Gasteiger partial charge in [-0.15, -0.1) is 0 Å². The van der Waals surface area contributed by atoms with Crippen molar-refractivity contribution in [2.24, 2.45) is 22.7 Å². The summed E-state index contributed by atoms with van der Waals surface area (Å²) < 4.78 is 14.2. The van der Waals surface area contributed by atoms with Gasteiger partial charge in [0.05, 0.1) is 32.7 Å². The Morgan fingerprint density at radius 3 is 1.86 bits per heavy atom. The molecule has 0 saturated heterocycles. The Kier molecular flexibility index (Phi) is 3.88. The van der Waals surface area contributed by atoms with Crippen LogP contribution < -0.4 is 0 Å². The molecule has 22 heavy (non-hydrogen) atoms. The van der Waals surface area contributed by atoms with Crippen LogP contribution in [0.25, 0.3) is 0 Å². The Labute approximate surface area is 126 Å². The number of esters is 3. The van der Waals surface area contributed by atoms with E-state index in [1.54, 1.807) is 0 Å². The summed E-state index contributed by atoms with van der Waals surface area (Å²) >= 11 is 0. The van der Waals surface area contributed by atoms with E-state index in [-0.39, 0.29) is 12.8 Å². The zero-order valence-electron chi connectivity index (χ0n) is 12.6. The molecule has 0 heterocycles. The third-order valence-electron chi connectivity index (χ3n) is 5.10. The van der Waals surface area contributed by atoms with Crippen LogP contribution in [-0.4, -0.2) is 50.3 Å². The van der Waals surface area contributed by atoms with Crippen LogP contribution in [0.2, 0.25) is 0 Å². The van der Waals surface area contributed by atoms with Gasteiger partial charge in [0.1, 0.15) is 0 Å². The summed E-state index contributed by atoms with van der Waals surface area (Å²) in [5.41, 5.74) is -3.77. The van der Waals surface area contributed by atoms with Crippen LogP contribution >= 0.6 is 0 Å². The fraction of sp³-hybridized carbons (Fsp3) is 0.714. The van der Waals surface area contributed by atoms with Gasteiger partial charge < -0.3 is 19.3 Å². The number of carboxylic acids is 1. The average Bonchev–Trinajstić information content (AvgIpc) is 3.07. The molecule has 0 aromatic carbocycles. The molecule has 2 aliphatic carbocycles. The Hall–Kier alpha value is -2.12. The topological polar surface area (TPSA) is 116 Å². The molecule has 2 saturated carbocycles. The van der Waals surface area contributed by atoms with Crippen molar-refractivity contribution in [3.8, 4) is 0 Å². The Bertz CT molecular complexity index is 523. The molecule has 2 rings (SSSR count). The standard InChI is InChI=1S/C14H18O8/c1-20-10(17)13-5-4-7(6-13)8(9(15)16)14(13,11(18)21-2)12(19)22-3/h7-8H,4-6H2,1-3H3,(H,15,16). The van der Waals surface area contributed by atoms with Gasteiger partial charge in [0.15, 0.2) is 5.41 Å². The first-order valence-electron chi connectivity index (χ1n) is 6.81. The van der Waals surface area contributed by atoms with Crippen LogP contribution in [0, 0.1) is 22.7 Å². The number of hydrogen-bond acceptors (Lipinski definition) is 7. The van der Waals surface area contributed by atoms with Crippen molar-refractivity contribution in [3.05, 3.63) is 0 Å². The Balaban J connectivity index is 2.76. The van der Waals surface area contributed by atoms with Gasteiger partial charge in [-0.25, -0.2) is 0 Å². The van der Waals surface area contributed by atoms with Crippen LogP contribution in [0.15, 0.2) is 0 Å². The lowest BCUT2D eigenvalue weighted by molar-refractivity contribution is -0.198. The number of ether oxygens (including phenoxy) is 3. The fourth-order valence-corrected chi connectivity index (χ4v) is 4.36. The van der Waals surface area contributed by atoms with Gasteiger partial charge in [-0.3, -0.25) is 19.2 Å². The van der Waals surface area contributed by atoms with Gasteiger partial charge in [-0.1, -0.05) is 0 Å². The second kappa shape index (κ2) is 5.26. The molecule has 1 N–H and O–H groups in total. The number of fused-ring (bicyclic) bond motifs is 2. The Morgan fingerprint density at radius 2 is 1.45 bits per heavy atom. The van der Waals surface area contributed by atoms with Gasteiger partial charge in [0.2, 0.25) is 0 Å². The van der Waals surface area contributed by atoms with E-state index in [0.717, 1.165) is 21.3 Å². The maximum atomic E-state index is 12.5. The highest BCUT2D eigenvalue weighted by atomic mass is 16.6. The first-order valence-corrected chi connectivity index (χ1v) is 6.81. The van der Waals surface area contributed by atoms with Gasteiger partial charge in [0, 0.05) is 0 Å². The maximum absolute atomic E-state index is 12.5. The van der Waals surface area contributed by atoms with Crippen LogP contribution in [0.5, 0.6) is 0 Å². The highest BCUT2D eigenvalue weighted by Crippen LogP contribution is 2.68. The lowest BCUT2D eigenvalue weighted by atomic mass is 9.57. The third-order valence-corrected chi connectivity index (χ3v) is 5.10. The molecule has 122 valence electrons. The van der Waals surface area contributed by atoms with E-state index in [4.69, 9.17) is 14.2 Å². The lowest BCUT2D eigenvalue weighted by Gasteiger charge is -2.42. The van der Waals surface area contributed by atoms with Crippen molar-refractivity contribution in [3.63, 3.8) is 0 Å². The van der Waals surface area contributed by atoms with E-state index in [9.17, 15) is 24.3 Å². The second-order valence-corrected chi connectivity index (χ2v) is 5.68. The van der Waals surface area contributed by atoms with Crippen LogP contribution in [-0.2, 0) is 33.4 Å². The van der Waals surface area contributed by atoms with Crippen LogP contribution in [0.4, 0.5) is 0 Å². The summed E-state index contributed by atoms with van der Waals surface area (Å²) in [5.74, 6) is -6.12. The van der Waals surface area contributed by atoms with Crippen LogP contribution in [0.1, 0.15) is 19.3 Å². The molecule has 2 bridgehead atoms. The van der Waals surface area contributed by atoms with E-state index >= 15 is 0 Å². The minimum atomic E-state index is -2.21. The van der Waals surface area contributed by atoms with Crippen molar-refractivity contribution in [2.45, 2.75) is 19.3 Å². The molecular formula is C14H18O8. The summed E-state index contributed by atoms with van der Waals surface area (Å²) in [4.78, 5) is 49.1. The van der Waals surface area contributed by atoms with E-state index < -0.39 is 46.5 Å². The fourth-order valence-electron chi connectivity index (χ4n) is 4.36. The van der Waals surface area contributed by atoms with Crippen molar-refractivity contribution < 1.29 is 38.5 Å². The van der Waals surface area contributed by atoms with Gasteiger partial charge in [-0.05, 0) is 25.2 Å². The van der Waals surface area contributed by atoms with Crippen molar-refractivity contribution in [1.29, 1.82) is 0 Å². The van der Waals surface area contributed by atoms with E-state index in [1.165, 1.54) is 0 Å². The maximum Gasteiger partial charge on any atom is 0.325 e. The summed E-state index contributed by atoms with van der Waals surface area (Å²) in [5, 5.41) is 9.56. The predicted molar refractivity (Wildman–Crippen MR) is 69.4 cm³/mol. The zero-order valence-corrected chi connectivity index (χ0v) is 12.6. The molecule has 0 radical (unpaired) electrons. The van der Waals surface area contributed by atoms with Crippen molar-refractivity contribution >= 4 is 23.9 Å². The molecular weight excluding hydrogens is 296 g/mol. The molecule has 0 aromatic rings. The number of carbonyl (C=O) groups is 4. The number of hydrogen-bond donors (Lipinski definition) is 1. The molecule has 0 aromatic heterocycles. The quantitative estimate of drug-likeness (QED) is 0.437. The molecule has 3 atom stereocenters.